The summed E-state index contributed by atoms with van der Waals surface area (Å²) in [5.41, 5.74) is -0.707. The van der Waals surface area contributed by atoms with E-state index < -0.39 is 41.3 Å². The minimum atomic E-state index is -2.14. The fourth-order valence-corrected chi connectivity index (χ4v) is 3.10. The van der Waals surface area contributed by atoms with Crippen molar-refractivity contribution in [3.8, 4) is 0 Å². The molecule has 0 heterocycles. The first-order valence-electron chi connectivity index (χ1n) is 8.84. The number of ether oxygens (including phenoxy) is 1. The van der Waals surface area contributed by atoms with E-state index in [4.69, 9.17) is 5.21 Å². The summed E-state index contributed by atoms with van der Waals surface area (Å²) in [7, 11) is 1.18. The van der Waals surface area contributed by atoms with Gasteiger partial charge in [-0.05, 0) is 18.8 Å². The van der Waals surface area contributed by atoms with Crippen LogP contribution in [-0.2, 0) is 23.9 Å². The van der Waals surface area contributed by atoms with E-state index in [1.165, 1.54) is 19.5 Å². The van der Waals surface area contributed by atoms with E-state index in [0.29, 0.717) is 0 Å². The Morgan fingerprint density at radius 1 is 1.11 bits per heavy atom. The standard InChI is InChI=1S/C17H30IN3O7/c1-9(2)7-17(26,11(4)14(23)21-27)16(25)20-12(6-10(3)18)15(24)19-8-13(22)28-5/h9-12,26-27H,6-8H2,1-5H3,(H,19,24)(H,20,25)(H,21,23)/t10?,11-,12+,17+/m1/s1. The van der Waals surface area contributed by atoms with Crippen LogP contribution in [0, 0.1) is 11.8 Å². The van der Waals surface area contributed by atoms with Crippen molar-refractivity contribution in [3.05, 3.63) is 0 Å². The van der Waals surface area contributed by atoms with E-state index in [1.807, 2.05) is 6.92 Å². The number of hydroxylamine groups is 1. The average Bonchev–Trinajstić information content (AvgIpc) is 2.62. The van der Waals surface area contributed by atoms with Crippen molar-refractivity contribution in [2.24, 2.45) is 11.8 Å². The second kappa shape index (κ2) is 12.2. The number of aliphatic hydroxyl groups is 1. The summed E-state index contributed by atoms with van der Waals surface area (Å²) < 4.78 is 4.45. The van der Waals surface area contributed by atoms with Crippen LogP contribution in [0.15, 0.2) is 0 Å². The number of alkyl halides is 1. The normalized spacial score (nSPS) is 16.3. The van der Waals surface area contributed by atoms with Gasteiger partial charge in [-0.3, -0.25) is 24.4 Å². The van der Waals surface area contributed by atoms with Crippen LogP contribution in [0.3, 0.4) is 0 Å². The number of methoxy groups -OCH3 is 1. The van der Waals surface area contributed by atoms with Gasteiger partial charge in [0, 0.05) is 3.92 Å². The third kappa shape index (κ3) is 8.27. The molecule has 10 nitrogen and oxygen atoms in total. The molecule has 28 heavy (non-hydrogen) atoms. The minimum absolute atomic E-state index is 0.0110. The molecule has 0 aliphatic carbocycles. The molecule has 0 rings (SSSR count). The maximum atomic E-state index is 12.9. The zero-order chi connectivity index (χ0) is 22.1. The first kappa shape index (κ1) is 26.5. The number of rotatable bonds is 11. The van der Waals surface area contributed by atoms with Gasteiger partial charge in [-0.1, -0.05) is 50.3 Å². The van der Waals surface area contributed by atoms with Gasteiger partial charge in [0.05, 0.1) is 13.0 Å². The van der Waals surface area contributed by atoms with Crippen LogP contribution in [-0.4, -0.2) is 63.2 Å². The molecule has 0 aliphatic rings. The van der Waals surface area contributed by atoms with Crippen molar-refractivity contribution in [2.75, 3.05) is 13.7 Å². The van der Waals surface area contributed by atoms with Crippen LogP contribution >= 0.6 is 22.6 Å². The van der Waals surface area contributed by atoms with Crippen molar-refractivity contribution in [3.63, 3.8) is 0 Å². The van der Waals surface area contributed by atoms with Crippen molar-refractivity contribution < 1.29 is 34.2 Å². The number of nitrogens with one attached hydrogen (secondary N) is 3. The summed E-state index contributed by atoms with van der Waals surface area (Å²) in [5, 5.41) is 24.7. The van der Waals surface area contributed by atoms with Crippen LogP contribution in [0.25, 0.3) is 0 Å². The molecule has 0 fully saturated rings. The lowest BCUT2D eigenvalue weighted by molar-refractivity contribution is -0.159. The summed E-state index contributed by atoms with van der Waals surface area (Å²) in [5.74, 6) is -4.52. The molecule has 4 atom stereocenters. The number of hydrogen-bond donors (Lipinski definition) is 5. The first-order chi connectivity index (χ1) is 12.9. The van der Waals surface area contributed by atoms with Crippen LogP contribution in [0.2, 0.25) is 0 Å². The van der Waals surface area contributed by atoms with Gasteiger partial charge in [0.15, 0.2) is 5.60 Å². The Balaban J connectivity index is 5.53. The Bertz CT molecular complexity index is 571. The molecule has 0 bridgehead atoms. The number of carbonyl (C=O) groups is 4. The highest BCUT2D eigenvalue weighted by molar-refractivity contribution is 14.1. The number of hydrogen-bond acceptors (Lipinski definition) is 7. The lowest BCUT2D eigenvalue weighted by atomic mass is 9.80. The summed E-state index contributed by atoms with van der Waals surface area (Å²) in [6.07, 6.45) is 0.168. The van der Waals surface area contributed by atoms with Gasteiger partial charge in [0.25, 0.3) is 5.91 Å². The lowest BCUT2D eigenvalue weighted by Crippen LogP contribution is -2.60. The highest BCUT2D eigenvalue weighted by Crippen LogP contribution is 2.27. The molecule has 11 heteroatoms. The summed E-state index contributed by atoms with van der Waals surface area (Å²) in [6, 6.07) is -1.04. The number of esters is 1. The molecule has 5 N–H and O–H groups in total. The highest BCUT2D eigenvalue weighted by atomic mass is 127. The van der Waals surface area contributed by atoms with E-state index in [2.05, 4.69) is 38.0 Å². The molecule has 162 valence electrons. The van der Waals surface area contributed by atoms with Gasteiger partial charge >= 0.3 is 5.97 Å². The second-order valence-electron chi connectivity index (χ2n) is 7.06. The third-order valence-electron chi connectivity index (χ3n) is 4.15. The van der Waals surface area contributed by atoms with Crippen LogP contribution in [0.4, 0.5) is 0 Å². The van der Waals surface area contributed by atoms with E-state index in [0.717, 1.165) is 0 Å². The van der Waals surface area contributed by atoms with Crippen LogP contribution < -0.4 is 16.1 Å². The van der Waals surface area contributed by atoms with Crippen molar-refractivity contribution in [1.29, 1.82) is 0 Å². The Morgan fingerprint density at radius 3 is 2.11 bits per heavy atom. The Kier molecular flexibility index (Phi) is 11.5. The fourth-order valence-electron chi connectivity index (χ4n) is 2.60. The number of halogens is 1. The summed E-state index contributed by atoms with van der Waals surface area (Å²) in [4.78, 5) is 48.3. The van der Waals surface area contributed by atoms with Crippen LogP contribution in [0.5, 0.6) is 0 Å². The molecule has 1 unspecified atom stereocenters. The molecular formula is C17H30IN3O7. The molecule has 0 aliphatic heterocycles. The number of amides is 3. The monoisotopic (exact) mass is 515 g/mol. The molecule has 3 amide bonds. The fraction of sp³-hybridized carbons (Fsp3) is 0.765. The Morgan fingerprint density at radius 2 is 1.68 bits per heavy atom. The minimum Gasteiger partial charge on any atom is -0.468 e. The molecule has 0 radical (unpaired) electrons. The van der Waals surface area contributed by atoms with Gasteiger partial charge < -0.3 is 20.5 Å². The van der Waals surface area contributed by atoms with E-state index in [-0.39, 0.29) is 29.2 Å². The predicted molar refractivity (Wildman–Crippen MR) is 109 cm³/mol. The molecule has 0 saturated heterocycles. The molecular weight excluding hydrogens is 485 g/mol. The Hall–Kier alpha value is -1.47. The largest absolute Gasteiger partial charge is 0.468 e. The van der Waals surface area contributed by atoms with E-state index in [9.17, 15) is 24.3 Å². The van der Waals surface area contributed by atoms with Crippen molar-refractivity contribution in [2.45, 2.75) is 56.1 Å². The summed E-state index contributed by atoms with van der Waals surface area (Å²) in [6.45, 7) is 6.29. The average molecular weight is 515 g/mol. The SMILES string of the molecule is COC(=O)CNC(=O)[C@H](CC(C)I)NC(=O)[C@](O)(CC(C)C)[C@H](C)C(=O)NO. The maximum Gasteiger partial charge on any atom is 0.325 e. The van der Waals surface area contributed by atoms with Gasteiger partial charge in [0.1, 0.15) is 12.6 Å². The van der Waals surface area contributed by atoms with Gasteiger partial charge in [-0.15, -0.1) is 0 Å². The summed E-state index contributed by atoms with van der Waals surface area (Å²) >= 11 is 2.08. The highest BCUT2D eigenvalue weighted by Gasteiger charge is 2.46. The zero-order valence-corrected chi connectivity index (χ0v) is 18.9. The first-order valence-corrected chi connectivity index (χ1v) is 10.1. The van der Waals surface area contributed by atoms with Crippen molar-refractivity contribution >= 4 is 46.3 Å². The van der Waals surface area contributed by atoms with Gasteiger partial charge in [-0.2, -0.15) is 0 Å². The maximum absolute atomic E-state index is 12.9. The third-order valence-corrected chi connectivity index (χ3v) is 4.66. The smallest absolute Gasteiger partial charge is 0.325 e. The molecule has 0 aromatic rings. The van der Waals surface area contributed by atoms with Crippen molar-refractivity contribution in [1.82, 2.24) is 16.1 Å². The van der Waals surface area contributed by atoms with E-state index in [1.54, 1.807) is 13.8 Å². The molecule has 0 spiro atoms. The Labute approximate surface area is 178 Å². The quantitative estimate of drug-likeness (QED) is 0.0846. The zero-order valence-electron chi connectivity index (χ0n) is 16.7. The molecule has 0 aromatic heterocycles. The molecule has 0 saturated carbocycles. The van der Waals surface area contributed by atoms with Gasteiger partial charge in [-0.25, -0.2) is 5.48 Å². The van der Waals surface area contributed by atoms with Gasteiger partial charge in [0.2, 0.25) is 11.8 Å². The lowest BCUT2D eigenvalue weighted by Gasteiger charge is -2.34. The second-order valence-corrected chi connectivity index (χ2v) is 9.18. The topological polar surface area (TPSA) is 154 Å². The number of carbonyl (C=O) groups excluding carboxylic acids is 4. The predicted octanol–water partition coefficient (Wildman–Crippen LogP) is -0.107. The van der Waals surface area contributed by atoms with Crippen LogP contribution in [0.1, 0.15) is 40.5 Å². The van der Waals surface area contributed by atoms with E-state index >= 15 is 0 Å². The molecule has 0 aromatic carbocycles.